The van der Waals surface area contributed by atoms with Crippen molar-refractivity contribution in [2.75, 3.05) is 0 Å². The standard InChI is InChI=1S/C14H24N.3C3H7O.Zr/c1-7-13(3,4)11-9-10-12(15-11)14(5,6)8-2;3*1-3(2)4;/h9-10H,7-8H2,1-6H3;3*3H,1-2H3;/q4*-1;+4. The van der Waals surface area contributed by atoms with Gasteiger partial charge in [0, 0.05) is 0 Å². The molecule has 164 valence electrons. The van der Waals surface area contributed by atoms with Gasteiger partial charge < -0.3 is 0 Å². The summed E-state index contributed by atoms with van der Waals surface area (Å²) in [5.41, 5.74) is 2.55. The molecule has 5 heteroatoms. The van der Waals surface area contributed by atoms with E-state index in [1.165, 1.54) is 11.4 Å². The average Bonchev–Trinajstić information content (AvgIpc) is 3.00. The number of aromatic nitrogens is 1. The van der Waals surface area contributed by atoms with Crippen molar-refractivity contribution in [3.05, 3.63) is 23.5 Å². The van der Waals surface area contributed by atoms with Crippen LogP contribution in [0.4, 0.5) is 0 Å². The number of hydrogen-bond acceptors (Lipinski definition) is 3. The second kappa shape index (κ2) is 9.90. The molecule has 0 atom stereocenters. The van der Waals surface area contributed by atoms with Crippen LogP contribution >= 0.6 is 0 Å². The van der Waals surface area contributed by atoms with Gasteiger partial charge in [-0.15, -0.1) is 0 Å². The Morgan fingerprint density at radius 3 is 1.21 bits per heavy atom. The molecule has 0 aliphatic carbocycles. The molecule has 1 aromatic rings. The maximum atomic E-state index is 6.69. The molecule has 4 nitrogen and oxygen atoms in total. The molecule has 0 radical (unpaired) electrons. The van der Waals surface area contributed by atoms with Gasteiger partial charge in [0.15, 0.2) is 0 Å². The average molecular weight is 475 g/mol. The normalized spacial score (nSPS) is 14.0. The second-order valence-electron chi connectivity index (χ2n) is 9.94. The Labute approximate surface area is 181 Å². The van der Waals surface area contributed by atoms with Gasteiger partial charge in [-0.2, -0.15) is 0 Å². The van der Waals surface area contributed by atoms with E-state index in [0.717, 1.165) is 12.8 Å². The minimum atomic E-state index is -4.22. The van der Waals surface area contributed by atoms with Gasteiger partial charge >= 0.3 is 181 Å². The van der Waals surface area contributed by atoms with Crippen molar-refractivity contribution in [3.63, 3.8) is 0 Å². The van der Waals surface area contributed by atoms with Gasteiger partial charge in [0.05, 0.1) is 0 Å². The third kappa shape index (κ3) is 6.03. The fourth-order valence-corrected chi connectivity index (χ4v) is 12.2. The van der Waals surface area contributed by atoms with Gasteiger partial charge in [0.1, 0.15) is 0 Å². The quantitative estimate of drug-likeness (QED) is 0.353. The number of nitrogens with zero attached hydrogens (tertiary/aromatic N) is 1. The van der Waals surface area contributed by atoms with E-state index in [4.69, 9.17) is 8.44 Å². The van der Waals surface area contributed by atoms with Crippen LogP contribution in [0, 0.1) is 0 Å². The molecule has 0 amide bonds. The first kappa shape index (κ1) is 26.1. The summed E-state index contributed by atoms with van der Waals surface area (Å²) >= 11 is -4.22. The fraction of sp³-hybridized carbons (Fsp3) is 0.826. The van der Waals surface area contributed by atoms with Crippen molar-refractivity contribution >= 4 is 0 Å². The van der Waals surface area contributed by atoms with E-state index in [0.29, 0.717) is 0 Å². The summed E-state index contributed by atoms with van der Waals surface area (Å²) < 4.78 is 22.5. The van der Waals surface area contributed by atoms with E-state index < -0.39 is 21.9 Å². The van der Waals surface area contributed by atoms with Crippen LogP contribution in [0.5, 0.6) is 0 Å². The van der Waals surface area contributed by atoms with Crippen LogP contribution in [-0.4, -0.2) is 20.8 Å². The van der Waals surface area contributed by atoms with Crippen molar-refractivity contribution in [3.8, 4) is 0 Å². The van der Waals surface area contributed by atoms with E-state index in [1.807, 2.05) is 0 Å². The molecule has 0 fully saturated rings. The van der Waals surface area contributed by atoms with Gasteiger partial charge in [-0.3, -0.25) is 0 Å². The summed E-state index contributed by atoms with van der Waals surface area (Å²) in [6.07, 6.45) is 2.18. The van der Waals surface area contributed by atoms with Crippen LogP contribution in [-0.2, 0) is 41.1 Å². The Morgan fingerprint density at radius 1 is 0.714 bits per heavy atom. The van der Waals surface area contributed by atoms with E-state index in [1.54, 1.807) is 0 Å². The molecule has 0 saturated heterocycles. The Balaban J connectivity index is 3.93. The van der Waals surface area contributed by atoms with Gasteiger partial charge in [-0.05, 0) is 0 Å². The van der Waals surface area contributed by atoms with Crippen LogP contribution in [0.25, 0.3) is 0 Å². The van der Waals surface area contributed by atoms with Crippen molar-refractivity contribution in [2.24, 2.45) is 0 Å². The van der Waals surface area contributed by atoms with Crippen LogP contribution in [0.2, 0.25) is 0 Å². The van der Waals surface area contributed by atoms with Gasteiger partial charge in [-0.1, -0.05) is 0 Å². The van der Waals surface area contributed by atoms with Crippen molar-refractivity contribution < 1.29 is 30.3 Å². The van der Waals surface area contributed by atoms with Crippen LogP contribution in [0.1, 0.15) is 107 Å². The van der Waals surface area contributed by atoms with Crippen molar-refractivity contribution in [2.45, 2.75) is 125 Å². The third-order valence-electron chi connectivity index (χ3n) is 5.46. The minimum absolute atomic E-state index is 0.00522. The molecule has 0 saturated carbocycles. The van der Waals surface area contributed by atoms with Crippen LogP contribution in [0.15, 0.2) is 12.1 Å². The molecule has 1 rings (SSSR count). The molecule has 0 N–H and O–H groups in total. The van der Waals surface area contributed by atoms with Crippen LogP contribution in [0.3, 0.4) is 0 Å². The molecule has 1 heterocycles. The molecular formula is C23H45NO3Zr. The Morgan fingerprint density at radius 2 is 1.00 bits per heavy atom. The summed E-state index contributed by atoms with van der Waals surface area (Å²) in [5.74, 6) is 0. The molecule has 0 spiro atoms. The zero-order valence-corrected chi connectivity index (χ0v) is 22.9. The molecule has 28 heavy (non-hydrogen) atoms. The summed E-state index contributed by atoms with van der Waals surface area (Å²) in [5, 5.41) is 0. The summed E-state index contributed by atoms with van der Waals surface area (Å²) in [7, 11) is 0. The van der Waals surface area contributed by atoms with E-state index in [-0.39, 0.29) is 29.1 Å². The van der Waals surface area contributed by atoms with E-state index >= 15 is 0 Å². The summed E-state index contributed by atoms with van der Waals surface area (Å²) in [6.45, 7) is 26.2. The molecule has 0 bridgehead atoms. The molecule has 1 aromatic heterocycles. The maximum absolute atomic E-state index is 6.69. The van der Waals surface area contributed by atoms with E-state index in [9.17, 15) is 0 Å². The van der Waals surface area contributed by atoms with Crippen molar-refractivity contribution in [1.29, 1.82) is 0 Å². The van der Waals surface area contributed by atoms with Gasteiger partial charge in [0.2, 0.25) is 0 Å². The SMILES string of the molecule is CCC(C)(C)c1ccc(C(C)(C)CC)[n]1[Zr]([O]C(C)C)([O]C(C)C)[O]C(C)C. The topological polar surface area (TPSA) is 32.6 Å². The Bertz CT molecular complexity index is 557. The molecule has 0 aliphatic heterocycles. The fourth-order valence-electron chi connectivity index (χ4n) is 3.29. The third-order valence-corrected chi connectivity index (χ3v) is 13.7. The molecule has 0 aliphatic rings. The second-order valence-corrected chi connectivity index (χ2v) is 15.4. The Hall–Kier alpha value is 0.0431. The van der Waals surface area contributed by atoms with Crippen molar-refractivity contribution in [1.82, 2.24) is 2.51 Å². The van der Waals surface area contributed by atoms with Gasteiger partial charge in [0.25, 0.3) is 0 Å². The number of hydrogen-bond donors (Lipinski definition) is 0. The first-order chi connectivity index (χ1) is 12.7. The Kier molecular flexibility index (Phi) is 9.22. The summed E-state index contributed by atoms with van der Waals surface area (Å²) in [6, 6.07) is 4.55. The predicted octanol–water partition coefficient (Wildman–Crippen LogP) is 6.80. The first-order valence-corrected chi connectivity index (χ1v) is 15.1. The van der Waals surface area contributed by atoms with E-state index in [2.05, 4.69) is 97.7 Å². The first-order valence-electron chi connectivity index (χ1n) is 11.0. The molecule has 0 unspecified atom stereocenters. The van der Waals surface area contributed by atoms with Gasteiger partial charge in [-0.25, -0.2) is 0 Å². The molecule has 0 aromatic carbocycles. The monoisotopic (exact) mass is 473 g/mol. The number of rotatable bonds is 11. The molecular weight excluding hydrogens is 429 g/mol. The zero-order valence-electron chi connectivity index (χ0n) is 20.5. The summed E-state index contributed by atoms with van der Waals surface area (Å²) in [4.78, 5) is 0. The van der Waals surface area contributed by atoms with Crippen LogP contribution < -0.4 is 0 Å². The zero-order chi connectivity index (χ0) is 21.9. The predicted molar refractivity (Wildman–Crippen MR) is 115 cm³/mol.